The third-order valence-electron chi connectivity index (χ3n) is 0.770. The molecule has 0 aromatic heterocycles. The van der Waals surface area contributed by atoms with Gasteiger partial charge in [0, 0.05) is 0 Å². The van der Waals surface area contributed by atoms with Crippen LogP contribution in [0.25, 0.3) is 0 Å². The highest BCUT2D eigenvalue weighted by molar-refractivity contribution is 5.81. The van der Waals surface area contributed by atoms with Gasteiger partial charge in [0.05, 0.1) is 4.79 Å². The zero-order valence-electron chi connectivity index (χ0n) is 6.20. The Morgan fingerprint density at radius 3 is 2.70 bits per heavy atom. The van der Waals surface area contributed by atoms with Crippen molar-refractivity contribution in [1.82, 2.24) is 0 Å². The number of hydrogen-bond acceptors (Lipinski definition) is 2. The van der Waals surface area contributed by atoms with E-state index in [1.54, 1.807) is 19.2 Å². The lowest BCUT2D eigenvalue weighted by Gasteiger charge is -1.73. The van der Waals surface area contributed by atoms with Crippen LogP contribution in [0.15, 0.2) is 24.3 Å². The third-order valence-corrected chi connectivity index (χ3v) is 0.770. The molecule has 0 aliphatic carbocycles. The molecule has 1 radical (unpaired) electrons. The molecule has 2 N–H and O–H groups in total. The van der Waals surface area contributed by atoms with Crippen LogP contribution in [-0.2, 0) is 9.63 Å². The molecule has 0 fully saturated rings. The Morgan fingerprint density at radius 2 is 2.20 bits per heavy atom. The fourth-order valence-electron chi connectivity index (χ4n) is 0.401. The lowest BCUT2D eigenvalue weighted by molar-refractivity contribution is -0.852. The first-order valence-electron chi connectivity index (χ1n) is 3.09. The number of nitrogens with two attached hydrogens (primary N) is 1. The molecule has 55 valence electrons. The average molecular weight is 142 g/mol. The van der Waals surface area contributed by atoms with Gasteiger partial charge in [0.25, 0.3) is 0 Å². The number of rotatable bonds is 3. The van der Waals surface area contributed by atoms with Gasteiger partial charge in [0.1, 0.15) is 13.1 Å². The maximum atomic E-state index is 10.5. The molecule has 0 spiro atoms. The van der Waals surface area contributed by atoms with Crippen LogP contribution >= 0.6 is 0 Å². The summed E-state index contributed by atoms with van der Waals surface area (Å²) in [5.74, 6) is -0.347. The highest BCUT2D eigenvalue weighted by Gasteiger charge is 2.12. The summed E-state index contributed by atoms with van der Waals surface area (Å²) in [5.41, 5.74) is 1.35. The summed E-state index contributed by atoms with van der Waals surface area (Å²) in [6, 6.07) is 0. The van der Waals surface area contributed by atoms with Gasteiger partial charge in [0.15, 0.2) is 0 Å². The van der Waals surface area contributed by atoms with E-state index in [-0.39, 0.29) is 5.97 Å². The molecule has 0 aromatic rings. The van der Waals surface area contributed by atoms with Gasteiger partial charge in [-0.05, 0) is 13.0 Å². The molecule has 0 unspecified atom stereocenters. The second-order valence-electron chi connectivity index (χ2n) is 1.56. The summed E-state index contributed by atoms with van der Waals surface area (Å²) in [6.45, 7) is 1.88. The average Bonchev–Trinajstić information content (AvgIpc) is 1.89. The molecule has 0 amide bonds. The second-order valence-corrected chi connectivity index (χ2v) is 1.56. The smallest absolute Gasteiger partial charge is 0.0877 e. The summed E-state index contributed by atoms with van der Waals surface area (Å²) >= 11 is 0. The lowest BCUT2D eigenvalue weighted by Crippen LogP contribution is -2.79. The SMILES string of the molecule is C/C=C/C=C/C(=[O+])O[NH2+]C. The molecule has 0 saturated heterocycles. The van der Waals surface area contributed by atoms with Gasteiger partial charge in [-0.1, -0.05) is 22.5 Å². The van der Waals surface area contributed by atoms with Crippen LogP contribution in [0.1, 0.15) is 6.92 Å². The molecule has 3 heteroatoms. The Morgan fingerprint density at radius 1 is 1.50 bits per heavy atom. The minimum atomic E-state index is -0.347. The second kappa shape index (κ2) is 6.04. The van der Waals surface area contributed by atoms with Crippen LogP contribution in [0, 0.1) is 0 Å². The first-order valence-corrected chi connectivity index (χ1v) is 3.09. The molecule has 10 heavy (non-hydrogen) atoms. The normalized spacial score (nSPS) is 11.0. The Balaban J connectivity index is 3.56. The predicted molar refractivity (Wildman–Crippen MR) is 37.9 cm³/mol. The van der Waals surface area contributed by atoms with Gasteiger partial charge in [-0.15, -0.1) is 0 Å². The minimum Gasteiger partial charge on any atom is -0.0877 e. The lowest BCUT2D eigenvalue weighted by atomic mass is 10.4. The summed E-state index contributed by atoms with van der Waals surface area (Å²) in [7, 11) is 1.65. The van der Waals surface area contributed by atoms with Crippen LogP contribution in [0.4, 0.5) is 0 Å². The zero-order valence-corrected chi connectivity index (χ0v) is 6.20. The van der Waals surface area contributed by atoms with E-state index in [0.717, 1.165) is 0 Å². The van der Waals surface area contributed by atoms with Crippen LogP contribution in [0.5, 0.6) is 0 Å². The van der Waals surface area contributed by atoms with E-state index in [9.17, 15) is 4.79 Å². The molecule has 0 heterocycles. The van der Waals surface area contributed by atoms with Crippen molar-refractivity contribution in [3.05, 3.63) is 24.3 Å². The summed E-state index contributed by atoms with van der Waals surface area (Å²) in [6.07, 6.45) is 6.59. The standard InChI is InChI=1S/C7H11NO2/c1-3-4-5-6-7(9)10-8-2/h3-6,8H,1-2H3/q+1/p+1/b4-3+,6-5+. The Labute approximate surface area is 60.3 Å². The van der Waals surface area contributed by atoms with Gasteiger partial charge in [-0.2, -0.15) is 0 Å². The van der Waals surface area contributed by atoms with Crippen molar-refractivity contribution in [3.63, 3.8) is 0 Å². The topological polar surface area (TPSA) is 45.7 Å². The van der Waals surface area contributed by atoms with E-state index in [4.69, 9.17) is 0 Å². The number of carbonyl (C=O) groups is 1. The van der Waals surface area contributed by atoms with Crippen LogP contribution < -0.4 is 5.48 Å². The van der Waals surface area contributed by atoms with Gasteiger partial charge in [0.2, 0.25) is 0 Å². The van der Waals surface area contributed by atoms with Crippen molar-refractivity contribution in [1.29, 1.82) is 0 Å². The van der Waals surface area contributed by atoms with Crippen molar-refractivity contribution in [2.75, 3.05) is 7.05 Å². The zero-order chi connectivity index (χ0) is 7.82. The maximum Gasteiger partial charge on any atom is 0.662 e. The highest BCUT2D eigenvalue weighted by atomic mass is 16.7. The molecule has 0 aliphatic rings. The van der Waals surface area contributed by atoms with Crippen molar-refractivity contribution >= 4 is 5.97 Å². The van der Waals surface area contributed by atoms with E-state index >= 15 is 0 Å². The number of quaternary nitrogens is 1. The van der Waals surface area contributed by atoms with Crippen LogP contribution in [-0.4, -0.2) is 13.0 Å². The van der Waals surface area contributed by atoms with E-state index in [1.807, 2.05) is 13.0 Å². The summed E-state index contributed by atoms with van der Waals surface area (Å²) in [5, 5.41) is 0. The van der Waals surface area contributed by atoms with Crippen molar-refractivity contribution in [2.24, 2.45) is 0 Å². The number of carbonyl (C=O) groups excluding carboxylic acids is 1. The maximum absolute atomic E-state index is 10.5. The Bertz CT molecular complexity index is 150. The van der Waals surface area contributed by atoms with Crippen molar-refractivity contribution < 1.29 is 15.1 Å². The van der Waals surface area contributed by atoms with Crippen molar-refractivity contribution in [3.8, 4) is 0 Å². The van der Waals surface area contributed by atoms with E-state index < -0.39 is 0 Å². The molecular weight excluding hydrogens is 130 g/mol. The molecule has 0 saturated carbocycles. The fraction of sp³-hybridized carbons (Fsp3) is 0.286. The summed E-state index contributed by atoms with van der Waals surface area (Å²) in [4.78, 5) is 15.0. The molecule has 0 bridgehead atoms. The third kappa shape index (κ3) is 5.05. The number of allylic oxidation sites excluding steroid dienone is 3. The number of hydroxylamine groups is 1. The van der Waals surface area contributed by atoms with Gasteiger partial charge in [-0.25, -0.2) is 0 Å². The molecule has 3 nitrogen and oxygen atoms in total. The molecule has 0 rings (SSSR count). The molecule has 0 atom stereocenters. The Hall–Kier alpha value is -1.09. The monoisotopic (exact) mass is 142 g/mol. The number of hydrogen-bond donors (Lipinski definition) is 1. The highest BCUT2D eigenvalue weighted by Crippen LogP contribution is 1.77. The van der Waals surface area contributed by atoms with E-state index in [1.165, 1.54) is 11.6 Å². The fourth-order valence-corrected chi connectivity index (χ4v) is 0.401. The van der Waals surface area contributed by atoms with Crippen LogP contribution in [0.3, 0.4) is 0 Å². The van der Waals surface area contributed by atoms with Crippen molar-refractivity contribution in [2.45, 2.75) is 6.92 Å². The summed E-state index contributed by atoms with van der Waals surface area (Å²) < 4.78 is 0. The first kappa shape index (κ1) is 8.91. The minimum absolute atomic E-state index is 0.347. The molecule has 0 aliphatic heterocycles. The predicted octanol–water partition coefficient (Wildman–Crippen LogP) is -0.230. The van der Waals surface area contributed by atoms with Gasteiger partial charge >= 0.3 is 5.97 Å². The van der Waals surface area contributed by atoms with E-state index in [0.29, 0.717) is 0 Å². The first-order chi connectivity index (χ1) is 4.81. The van der Waals surface area contributed by atoms with E-state index in [2.05, 4.69) is 4.84 Å². The molecule has 0 aromatic carbocycles. The Kier molecular flexibility index (Phi) is 5.38. The quantitative estimate of drug-likeness (QED) is 0.256. The van der Waals surface area contributed by atoms with Gasteiger partial charge < -0.3 is 0 Å². The van der Waals surface area contributed by atoms with Gasteiger partial charge in [-0.3, -0.25) is 0 Å². The molecular formula is C7H12NO2+2. The van der Waals surface area contributed by atoms with Crippen LogP contribution in [0.2, 0.25) is 0 Å². The largest absolute Gasteiger partial charge is 0.662 e.